The van der Waals surface area contributed by atoms with E-state index in [9.17, 15) is 4.79 Å². The van der Waals surface area contributed by atoms with Crippen LogP contribution in [0.25, 0.3) is 11.0 Å². The molecule has 1 aromatic heterocycles. The first kappa shape index (κ1) is 13.5. The lowest BCUT2D eigenvalue weighted by Gasteiger charge is -2.02. The van der Waals surface area contributed by atoms with E-state index in [0.29, 0.717) is 24.9 Å². The lowest BCUT2D eigenvalue weighted by molar-refractivity contribution is 0.0954. The Labute approximate surface area is 112 Å². The van der Waals surface area contributed by atoms with Crippen molar-refractivity contribution in [1.82, 2.24) is 15.3 Å². The number of nitrogens with zero attached hydrogens (tertiary/aromatic N) is 1. The van der Waals surface area contributed by atoms with Crippen molar-refractivity contribution in [2.24, 2.45) is 0 Å². The summed E-state index contributed by atoms with van der Waals surface area (Å²) in [5.74, 6) is 0.783. The Kier molecular flexibility index (Phi) is 4.52. The number of hydrogen-bond donors (Lipinski definition) is 3. The van der Waals surface area contributed by atoms with Crippen LogP contribution in [0.4, 0.5) is 0 Å². The second kappa shape index (κ2) is 6.33. The van der Waals surface area contributed by atoms with E-state index in [4.69, 9.17) is 5.11 Å². The van der Waals surface area contributed by atoms with Crippen LogP contribution in [-0.2, 0) is 6.42 Å². The molecule has 0 fully saturated rings. The van der Waals surface area contributed by atoms with Gasteiger partial charge in [0.05, 0.1) is 11.0 Å². The number of aromatic amines is 1. The molecule has 5 nitrogen and oxygen atoms in total. The molecule has 1 aromatic carbocycles. The summed E-state index contributed by atoms with van der Waals surface area (Å²) in [5.41, 5.74) is 2.34. The second-order valence-electron chi connectivity index (χ2n) is 4.50. The van der Waals surface area contributed by atoms with Crippen LogP contribution in [0.5, 0.6) is 0 Å². The number of carbonyl (C=O) groups is 1. The van der Waals surface area contributed by atoms with Crippen molar-refractivity contribution in [3.05, 3.63) is 29.6 Å². The van der Waals surface area contributed by atoms with Gasteiger partial charge in [0.2, 0.25) is 0 Å². The molecule has 0 unspecified atom stereocenters. The molecule has 19 heavy (non-hydrogen) atoms. The highest BCUT2D eigenvalue weighted by Gasteiger charge is 2.08. The molecule has 0 saturated heterocycles. The minimum absolute atomic E-state index is 0.0599. The molecule has 1 heterocycles. The predicted molar refractivity (Wildman–Crippen MR) is 74.1 cm³/mol. The van der Waals surface area contributed by atoms with Crippen LogP contribution in [0.2, 0.25) is 0 Å². The number of nitrogens with one attached hydrogen (secondary N) is 2. The van der Waals surface area contributed by atoms with Gasteiger partial charge in [-0.2, -0.15) is 0 Å². The molecular formula is C14H19N3O2. The van der Waals surface area contributed by atoms with Gasteiger partial charge in [0.25, 0.3) is 5.91 Å². The van der Waals surface area contributed by atoms with Crippen molar-refractivity contribution in [1.29, 1.82) is 0 Å². The molecular weight excluding hydrogens is 242 g/mol. The molecule has 0 aliphatic rings. The molecule has 0 bridgehead atoms. The van der Waals surface area contributed by atoms with Gasteiger partial charge in [0.15, 0.2) is 0 Å². The highest BCUT2D eigenvalue weighted by Crippen LogP contribution is 2.14. The highest BCUT2D eigenvalue weighted by atomic mass is 16.2. The van der Waals surface area contributed by atoms with Gasteiger partial charge in [-0.05, 0) is 31.0 Å². The highest BCUT2D eigenvalue weighted by molar-refractivity contribution is 5.97. The van der Waals surface area contributed by atoms with Crippen LogP contribution in [0.3, 0.4) is 0 Å². The van der Waals surface area contributed by atoms with E-state index in [1.54, 1.807) is 6.07 Å². The Bertz CT molecular complexity index is 563. The zero-order valence-electron chi connectivity index (χ0n) is 11.1. The number of fused-ring (bicyclic) bond motifs is 1. The van der Waals surface area contributed by atoms with E-state index in [2.05, 4.69) is 15.3 Å². The zero-order chi connectivity index (χ0) is 13.7. The number of imidazole rings is 1. The minimum Gasteiger partial charge on any atom is -0.396 e. The predicted octanol–water partition coefficient (Wildman–Crippen LogP) is 1.63. The van der Waals surface area contributed by atoms with Crippen LogP contribution in [-0.4, -0.2) is 34.1 Å². The molecule has 0 spiro atoms. The fraction of sp³-hybridized carbons (Fsp3) is 0.429. The Morgan fingerprint density at radius 2 is 2.32 bits per heavy atom. The Balaban J connectivity index is 2.17. The van der Waals surface area contributed by atoms with Crippen molar-refractivity contribution in [2.45, 2.75) is 26.2 Å². The largest absolute Gasteiger partial charge is 0.396 e. The number of aliphatic hydroxyl groups excluding tert-OH is 1. The third-order valence-electron chi connectivity index (χ3n) is 2.90. The van der Waals surface area contributed by atoms with Crippen molar-refractivity contribution in [3.8, 4) is 0 Å². The number of aryl methyl sites for hydroxylation is 1. The quantitative estimate of drug-likeness (QED) is 0.739. The maximum atomic E-state index is 11.8. The van der Waals surface area contributed by atoms with Gasteiger partial charge in [0.1, 0.15) is 5.82 Å². The number of aromatic nitrogens is 2. The first-order chi connectivity index (χ1) is 9.24. The maximum absolute atomic E-state index is 11.8. The molecule has 0 saturated carbocycles. The summed E-state index contributed by atoms with van der Waals surface area (Å²) in [7, 11) is 0. The molecule has 0 radical (unpaired) electrons. The summed E-state index contributed by atoms with van der Waals surface area (Å²) in [5, 5.41) is 11.7. The third kappa shape index (κ3) is 3.32. The number of aliphatic hydroxyl groups is 1. The molecule has 0 aliphatic carbocycles. The monoisotopic (exact) mass is 261 g/mol. The lowest BCUT2D eigenvalue weighted by atomic mass is 10.2. The van der Waals surface area contributed by atoms with Crippen LogP contribution in [0, 0.1) is 0 Å². The summed E-state index contributed by atoms with van der Waals surface area (Å²) in [6.45, 7) is 2.86. The Morgan fingerprint density at radius 1 is 1.47 bits per heavy atom. The standard InChI is InChI=1S/C14H19N3O2/c1-2-7-15-14(19)10-5-6-11-12(9-10)17-13(16-11)4-3-8-18/h5-6,9,18H,2-4,7-8H2,1H3,(H,15,19)(H,16,17). The van der Waals surface area contributed by atoms with Gasteiger partial charge in [-0.3, -0.25) is 4.79 Å². The number of carbonyl (C=O) groups excluding carboxylic acids is 1. The number of amides is 1. The average Bonchev–Trinajstić information content (AvgIpc) is 2.84. The van der Waals surface area contributed by atoms with Crippen LogP contribution in [0.15, 0.2) is 18.2 Å². The Hall–Kier alpha value is -1.88. The maximum Gasteiger partial charge on any atom is 0.251 e. The van der Waals surface area contributed by atoms with E-state index in [1.165, 1.54) is 0 Å². The molecule has 102 valence electrons. The first-order valence-corrected chi connectivity index (χ1v) is 6.62. The lowest BCUT2D eigenvalue weighted by Crippen LogP contribution is -2.23. The number of hydrogen-bond acceptors (Lipinski definition) is 3. The summed E-state index contributed by atoms with van der Waals surface area (Å²) < 4.78 is 0. The minimum atomic E-state index is -0.0599. The number of H-pyrrole nitrogens is 1. The van der Waals surface area contributed by atoms with Crippen molar-refractivity contribution in [2.75, 3.05) is 13.2 Å². The molecule has 2 rings (SSSR count). The van der Waals surface area contributed by atoms with Gasteiger partial charge in [-0.15, -0.1) is 0 Å². The topological polar surface area (TPSA) is 78.0 Å². The van der Waals surface area contributed by atoms with E-state index in [1.807, 2.05) is 19.1 Å². The Morgan fingerprint density at radius 3 is 3.05 bits per heavy atom. The molecule has 0 aliphatic heterocycles. The second-order valence-corrected chi connectivity index (χ2v) is 4.50. The van der Waals surface area contributed by atoms with Crippen molar-refractivity contribution >= 4 is 16.9 Å². The molecule has 0 atom stereocenters. The van der Waals surface area contributed by atoms with Gasteiger partial charge in [-0.25, -0.2) is 4.98 Å². The van der Waals surface area contributed by atoms with E-state index in [-0.39, 0.29) is 12.5 Å². The summed E-state index contributed by atoms with van der Waals surface area (Å²) in [6.07, 6.45) is 2.32. The third-order valence-corrected chi connectivity index (χ3v) is 2.90. The van der Waals surface area contributed by atoms with Crippen molar-refractivity contribution in [3.63, 3.8) is 0 Å². The van der Waals surface area contributed by atoms with Gasteiger partial charge < -0.3 is 15.4 Å². The molecule has 1 amide bonds. The van der Waals surface area contributed by atoms with E-state index in [0.717, 1.165) is 23.3 Å². The summed E-state index contributed by atoms with van der Waals surface area (Å²) in [4.78, 5) is 19.4. The van der Waals surface area contributed by atoms with Crippen LogP contribution in [0.1, 0.15) is 35.9 Å². The van der Waals surface area contributed by atoms with Gasteiger partial charge in [0, 0.05) is 25.1 Å². The van der Waals surface area contributed by atoms with E-state index < -0.39 is 0 Å². The van der Waals surface area contributed by atoms with Crippen LogP contribution < -0.4 is 5.32 Å². The molecule has 3 N–H and O–H groups in total. The number of rotatable bonds is 6. The van der Waals surface area contributed by atoms with Crippen LogP contribution >= 0.6 is 0 Å². The smallest absolute Gasteiger partial charge is 0.251 e. The summed E-state index contributed by atoms with van der Waals surface area (Å²) in [6, 6.07) is 5.44. The van der Waals surface area contributed by atoms with Gasteiger partial charge in [-0.1, -0.05) is 6.92 Å². The normalized spacial score (nSPS) is 10.8. The fourth-order valence-electron chi connectivity index (χ4n) is 1.91. The average molecular weight is 261 g/mol. The fourth-order valence-corrected chi connectivity index (χ4v) is 1.91. The summed E-state index contributed by atoms with van der Waals surface area (Å²) >= 11 is 0. The zero-order valence-corrected chi connectivity index (χ0v) is 11.1. The van der Waals surface area contributed by atoms with Gasteiger partial charge >= 0.3 is 0 Å². The number of benzene rings is 1. The SMILES string of the molecule is CCCNC(=O)c1ccc2nc(CCCO)[nH]c2c1. The van der Waals surface area contributed by atoms with E-state index >= 15 is 0 Å². The molecule has 5 heteroatoms. The van der Waals surface area contributed by atoms with Crippen molar-refractivity contribution < 1.29 is 9.90 Å². The first-order valence-electron chi connectivity index (χ1n) is 6.62. The molecule has 2 aromatic rings.